The summed E-state index contributed by atoms with van der Waals surface area (Å²) in [6.45, 7) is 7.28. The van der Waals surface area contributed by atoms with Crippen molar-refractivity contribution in [1.82, 2.24) is 0 Å². The monoisotopic (exact) mass is 348 g/mol. The smallest absolute Gasteiger partial charge is 0.171 e. The van der Waals surface area contributed by atoms with Crippen LogP contribution in [0.3, 0.4) is 0 Å². The van der Waals surface area contributed by atoms with E-state index in [0.29, 0.717) is 32.1 Å². The van der Waals surface area contributed by atoms with E-state index < -0.39 is 31.1 Å². The van der Waals surface area contributed by atoms with Gasteiger partial charge in [0.1, 0.15) is 0 Å². The Morgan fingerprint density at radius 3 is 1.61 bits per heavy atom. The molecule has 0 spiro atoms. The largest absolute Gasteiger partial charge is 0.389 e. The van der Waals surface area contributed by atoms with Gasteiger partial charge in [0.2, 0.25) is 0 Å². The fourth-order valence-corrected chi connectivity index (χ4v) is 3.34. The molecule has 0 N–H and O–H groups in total. The van der Waals surface area contributed by atoms with Crippen molar-refractivity contribution < 1.29 is 26.3 Å². The highest BCUT2D eigenvalue weighted by Gasteiger charge is 2.32. The zero-order valence-electron chi connectivity index (χ0n) is 14.5. The molecule has 0 saturated heterocycles. The van der Waals surface area contributed by atoms with Crippen molar-refractivity contribution in [2.45, 2.75) is 85.0 Å². The van der Waals surface area contributed by atoms with Crippen LogP contribution in [0.5, 0.6) is 0 Å². The summed E-state index contributed by atoms with van der Waals surface area (Å²) < 4.78 is 74.6. The molecule has 140 valence electrons. The van der Waals surface area contributed by atoms with Gasteiger partial charge in [0, 0.05) is 12.8 Å². The Balaban J connectivity index is 4.16. The first-order valence-corrected chi connectivity index (χ1v) is 8.42. The summed E-state index contributed by atoms with van der Waals surface area (Å²) in [5.41, 5.74) is 0. The third-order valence-electron chi connectivity index (χ3n) is 4.02. The summed E-state index contributed by atoms with van der Waals surface area (Å²) in [7, 11) is 0. The lowest BCUT2D eigenvalue weighted by atomic mass is 9.86. The van der Waals surface area contributed by atoms with Crippen molar-refractivity contribution in [3.63, 3.8) is 0 Å². The molecule has 6 heteroatoms. The van der Waals surface area contributed by atoms with Gasteiger partial charge < -0.3 is 0 Å². The van der Waals surface area contributed by atoms with E-state index in [9.17, 15) is 26.3 Å². The molecule has 2 unspecified atom stereocenters. The van der Waals surface area contributed by atoms with Crippen LogP contribution in [0.4, 0.5) is 26.3 Å². The van der Waals surface area contributed by atoms with Crippen molar-refractivity contribution in [2.24, 2.45) is 23.7 Å². The lowest BCUT2D eigenvalue weighted by Gasteiger charge is -2.22. The summed E-state index contributed by atoms with van der Waals surface area (Å²) in [6, 6.07) is 0. The molecule has 0 aromatic heterocycles. The molecule has 0 aromatic rings. The molecule has 0 aliphatic rings. The number of alkyl halides is 6. The van der Waals surface area contributed by atoms with Crippen LogP contribution in [-0.2, 0) is 0 Å². The maximum absolute atomic E-state index is 12.6. The highest BCUT2D eigenvalue weighted by molar-refractivity contribution is 4.69. The van der Waals surface area contributed by atoms with E-state index in [4.69, 9.17) is 0 Å². The molecule has 0 amide bonds. The van der Waals surface area contributed by atoms with E-state index in [-0.39, 0.29) is 17.8 Å². The summed E-state index contributed by atoms with van der Waals surface area (Å²) >= 11 is 0. The van der Waals surface area contributed by atoms with Crippen LogP contribution in [0.15, 0.2) is 0 Å². The molecule has 0 rings (SSSR count). The van der Waals surface area contributed by atoms with E-state index in [1.807, 2.05) is 20.8 Å². The van der Waals surface area contributed by atoms with Gasteiger partial charge in [-0.2, -0.15) is 26.3 Å². The molecule has 0 aromatic carbocycles. The second-order valence-electron chi connectivity index (χ2n) is 7.51. The summed E-state index contributed by atoms with van der Waals surface area (Å²) in [5.74, 6) is -0.494. The van der Waals surface area contributed by atoms with Crippen molar-refractivity contribution in [1.29, 1.82) is 0 Å². The maximum Gasteiger partial charge on any atom is 0.389 e. The topological polar surface area (TPSA) is 0 Å². The number of rotatable bonds is 10. The van der Waals surface area contributed by atoms with Gasteiger partial charge in [-0.3, -0.25) is 0 Å². The molecular weight excluding hydrogens is 318 g/mol. The minimum absolute atomic E-state index is 0.109. The van der Waals surface area contributed by atoms with Crippen molar-refractivity contribution in [2.75, 3.05) is 0 Å². The molecule has 0 heterocycles. The zero-order valence-corrected chi connectivity index (χ0v) is 14.5. The third kappa shape index (κ3) is 14.9. The highest BCUT2D eigenvalue weighted by atomic mass is 19.4. The predicted octanol–water partition coefficient (Wildman–Crippen LogP) is 7.39. The second kappa shape index (κ2) is 9.77. The maximum atomic E-state index is 12.6. The average molecular weight is 348 g/mol. The second-order valence-corrected chi connectivity index (χ2v) is 7.51. The standard InChI is InChI=1S/C17H30F6/c1-12(2)8-15(11-17(21,22)23)7-5-6-13(3)9-14(4)10-16(18,19)20/h12-15H,5-11H2,1-4H3/t13?,14-,15?/m0/s1. The van der Waals surface area contributed by atoms with E-state index in [0.717, 1.165) is 0 Å². The average Bonchev–Trinajstić information content (AvgIpc) is 2.21. The van der Waals surface area contributed by atoms with Crippen LogP contribution >= 0.6 is 0 Å². The summed E-state index contributed by atoms with van der Waals surface area (Å²) in [6.07, 6.45) is -7.00. The predicted molar refractivity (Wildman–Crippen MR) is 81.1 cm³/mol. The van der Waals surface area contributed by atoms with Gasteiger partial charge in [-0.1, -0.05) is 47.0 Å². The van der Waals surface area contributed by atoms with E-state index in [1.165, 1.54) is 0 Å². The normalized spacial score (nSPS) is 17.3. The quantitative estimate of drug-likeness (QED) is 0.361. The van der Waals surface area contributed by atoms with Crippen LogP contribution in [0.2, 0.25) is 0 Å². The molecule has 0 aliphatic carbocycles. The SMILES string of the molecule is CC(C)CC(CCCC(C)C[C@H](C)CC(F)(F)F)CC(F)(F)F. The lowest BCUT2D eigenvalue weighted by Crippen LogP contribution is -2.17. The van der Waals surface area contributed by atoms with E-state index in [2.05, 4.69) is 0 Å². The molecule has 0 bridgehead atoms. The van der Waals surface area contributed by atoms with Crippen LogP contribution < -0.4 is 0 Å². The van der Waals surface area contributed by atoms with Crippen molar-refractivity contribution in [3.05, 3.63) is 0 Å². The molecule has 3 atom stereocenters. The van der Waals surface area contributed by atoms with E-state index >= 15 is 0 Å². The van der Waals surface area contributed by atoms with Gasteiger partial charge in [-0.05, 0) is 36.5 Å². The summed E-state index contributed by atoms with van der Waals surface area (Å²) in [5, 5.41) is 0. The Labute approximate surface area is 136 Å². The fraction of sp³-hybridized carbons (Fsp3) is 1.00. The van der Waals surface area contributed by atoms with E-state index in [1.54, 1.807) is 6.92 Å². The Hall–Kier alpha value is -0.420. The van der Waals surface area contributed by atoms with Gasteiger partial charge in [0.25, 0.3) is 0 Å². The Kier molecular flexibility index (Phi) is 9.60. The molecule has 0 aliphatic heterocycles. The first kappa shape index (κ1) is 22.6. The van der Waals surface area contributed by atoms with Crippen LogP contribution in [-0.4, -0.2) is 12.4 Å². The fourth-order valence-electron chi connectivity index (χ4n) is 3.34. The first-order chi connectivity index (χ1) is 10.3. The molecule has 0 nitrogen and oxygen atoms in total. The first-order valence-electron chi connectivity index (χ1n) is 8.42. The molecular formula is C17H30F6. The number of hydrogen-bond acceptors (Lipinski definition) is 0. The number of hydrogen-bond donors (Lipinski definition) is 0. The van der Waals surface area contributed by atoms with Crippen LogP contribution in [0, 0.1) is 23.7 Å². The summed E-state index contributed by atoms with van der Waals surface area (Å²) in [4.78, 5) is 0. The van der Waals surface area contributed by atoms with Crippen LogP contribution in [0.1, 0.15) is 72.6 Å². The number of halogens is 6. The van der Waals surface area contributed by atoms with Crippen LogP contribution in [0.25, 0.3) is 0 Å². The minimum atomic E-state index is -4.15. The Morgan fingerprint density at radius 2 is 1.17 bits per heavy atom. The molecule has 0 fully saturated rings. The Morgan fingerprint density at radius 1 is 0.652 bits per heavy atom. The zero-order chi connectivity index (χ0) is 18.3. The Bertz CT molecular complexity index is 305. The third-order valence-corrected chi connectivity index (χ3v) is 4.02. The van der Waals surface area contributed by atoms with Gasteiger partial charge in [0.05, 0.1) is 0 Å². The van der Waals surface area contributed by atoms with Gasteiger partial charge >= 0.3 is 12.4 Å². The highest BCUT2D eigenvalue weighted by Crippen LogP contribution is 2.33. The molecule has 0 saturated carbocycles. The molecule has 0 radical (unpaired) electrons. The van der Waals surface area contributed by atoms with Crippen molar-refractivity contribution >= 4 is 0 Å². The molecule has 23 heavy (non-hydrogen) atoms. The van der Waals surface area contributed by atoms with Gasteiger partial charge in [-0.25, -0.2) is 0 Å². The van der Waals surface area contributed by atoms with Crippen molar-refractivity contribution in [3.8, 4) is 0 Å². The van der Waals surface area contributed by atoms with Gasteiger partial charge in [0.15, 0.2) is 0 Å². The minimum Gasteiger partial charge on any atom is -0.171 e. The lowest BCUT2D eigenvalue weighted by molar-refractivity contribution is -0.146. The van der Waals surface area contributed by atoms with Gasteiger partial charge in [-0.15, -0.1) is 0 Å².